The molecule has 116 valence electrons. The Bertz CT molecular complexity index is 665. The zero-order chi connectivity index (χ0) is 16.2. The highest BCUT2D eigenvalue weighted by Gasteiger charge is 2.34. The fourth-order valence-corrected chi connectivity index (χ4v) is 2.52. The van der Waals surface area contributed by atoms with Crippen LogP contribution < -0.4 is 5.32 Å². The first kappa shape index (κ1) is 16.6. The topological polar surface area (TPSA) is 42.0 Å². The van der Waals surface area contributed by atoms with Crippen molar-refractivity contribution in [3.8, 4) is 0 Å². The molecule has 0 unspecified atom stereocenters. The molecule has 1 amide bonds. The smallest absolute Gasteiger partial charge is 0.324 e. The van der Waals surface area contributed by atoms with Crippen molar-refractivity contribution in [2.75, 3.05) is 11.1 Å². The van der Waals surface area contributed by atoms with Crippen molar-refractivity contribution >= 4 is 35.0 Å². The summed E-state index contributed by atoms with van der Waals surface area (Å²) < 4.78 is 38.7. The van der Waals surface area contributed by atoms with E-state index in [2.05, 4.69) is 10.3 Å². The molecule has 1 aromatic heterocycles. The van der Waals surface area contributed by atoms with Gasteiger partial charge < -0.3 is 5.32 Å². The van der Waals surface area contributed by atoms with Crippen LogP contribution in [0.2, 0.25) is 5.02 Å². The number of rotatable bonds is 4. The number of halogens is 4. The van der Waals surface area contributed by atoms with E-state index in [0.29, 0.717) is 5.03 Å². The Hall–Kier alpha value is -1.73. The van der Waals surface area contributed by atoms with Gasteiger partial charge in [-0.1, -0.05) is 35.5 Å². The van der Waals surface area contributed by atoms with Gasteiger partial charge in [-0.3, -0.25) is 4.79 Å². The first-order valence-corrected chi connectivity index (χ1v) is 7.43. The maximum atomic E-state index is 12.9. The molecule has 0 aliphatic rings. The number of para-hydroxylation sites is 1. The summed E-state index contributed by atoms with van der Waals surface area (Å²) in [6.07, 6.45) is -3.03. The summed E-state index contributed by atoms with van der Waals surface area (Å²) in [6.45, 7) is 0. The van der Waals surface area contributed by atoms with Crippen LogP contribution in [0.15, 0.2) is 47.6 Å². The van der Waals surface area contributed by atoms with Gasteiger partial charge in [-0.2, -0.15) is 13.2 Å². The minimum atomic E-state index is -4.60. The Balaban J connectivity index is 2.09. The molecule has 8 heteroatoms. The molecule has 0 spiro atoms. The number of anilines is 1. The number of nitrogens with zero attached hydrogens (tertiary/aromatic N) is 1. The average molecular weight is 347 g/mol. The van der Waals surface area contributed by atoms with E-state index in [0.717, 1.165) is 17.8 Å². The van der Waals surface area contributed by atoms with Gasteiger partial charge in [0.05, 0.1) is 27.1 Å². The fraction of sp³-hybridized carbons (Fsp3) is 0.143. The minimum absolute atomic E-state index is 0.0699. The lowest BCUT2D eigenvalue weighted by Gasteiger charge is -2.15. The van der Waals surface area contributed by atoms with Crippen LogP contribution in [0.4, 0.5) is 18.9 Å². The van der Waals surface area contributed by atoms with Crippen molar-refractivity contribution in [3.05, 3.63) is 53.2 Å². The number of pyridine rings is 1. The first-order valence-electron chi connectivity index (χ1n) is 6.07. The molecule has 2 rings (SSSR count). The number of aromatic nitrogens is 1. The Morgan fingerprint density at radius 2 is 2.00 bits per heavy atom. The second-order valence-electron chi connectivity index (χ2n) is 4.16. The maximum absolute atomic E-state index is 12.9. The molecular formula is C14H10ClF3N2OS. The molecule has 1 aromatic carbocycles. The molecule has 22 heavy (non-hydrogen) atoms. The van der Waals surface area contributed by atoms with Crippen LogP contribution in [0.25, 0.3) is 0 Å². The summed E-state index contributed by atoms with van der Waals surface area (Å²) in [6, 6.07) is 8.52. The van der Waals surface area contributed by atoms with Gasteiger partial charge in [-0.05, 0) is 24.3 Å². The molecule has 0 fully saturated rings. The summed E-state index contributed by atoms with van der Waals surface area (Å²) in [5, 5.41) is 2.66. The number of carbonyl (C=O) groups is 1. The van der Waals surface area contributed by atoms with E-state index in [4.69, 9.17) is 11.6 Å². The van der Waals surface area contributed by atoms with Gasteiger partial charge in [0, 0.05) is 6.20 Å². The molecule has 0 bridgehead atoms. The molecule has 0 aliphatic carbocycles. The largest absolute Gasteiger partial charge is 0.418 e. The van der Waals surface area contributed by atoms with Crippen molar-refractivity contribution in [2.45, 2.75) is 11.2 Å². The quantitative estimate of drug-likeness (QED) is 0.830. The van der Waals surface area contributed by atoms with Crippen molar-refractivity contribution in [1.29, 1.82) is 0 Å². The van der Waals surface area contributed by atoms with Crippen LogP contribution in [-0.4, -0.2) is 16.6 Å². The number of hydrogen-bond acceptors (Lipinski definition) is 3. The lowest BCUT2D eigenvalue weighted by Crippen LogP contribution is -2.18. The number of hydrogen-bond donors (Lipinski definition) is 1. The van der Waals surface area contributed by atoms with Crippen LogP contribution in [0.1, 0.15) is 5.56 Å². The minimum Gasteiger partial charge on any atom is -0.324 e. The third kappa shape index (κ3) is 4.38. The van der Waals surface area contributed by atoms with Crippen LogP contribution in [0, 0.1) is 0 Å². The number of amides is 1. The molecule has 0 saturated carbocycles. The molecule has 3 nitrogen and oxygen atoms in total. The van der Waals surface area contributed by atoms with Gasteiger partial charge in [-0.15, -0.1) is 0 Å². The van der Waals surface area contributed by atoms with Crippen molar-refractivity contribution in [2.24, 2.45) is 0 Å². The second kappa shape index (κ2) is 7.02. The Kier molecular flexibility index (Phi) is 5.31. The van der Waals surface area contributed by atoms with E-state index in [-0.39, 0.29) is 10.8 Å². The zero-order valence-electron chi connectivity index (χ0n) is 11.0. The Labute approximate surface area is 133 Å². The number of benzene rings is 1. The summed E-state index contributed by atoms with van der Waals surface area (Å²) in [7, 11) is 0. The van der Waals surface area contributed by atoms with Crippen LogP contribution in [0.3, 0.4) is 0 Å². The molecule has 1 N–H and O–H groups in total. The van der Waals surface area contributed by atoms with Gasteiger partial charge in [0.1, 0.15) is 0 Å². The summed E-state index contributed by atoms with van der Waals surface area (Å²) in [4.78, 5) is 15.8. The van der Waals surface area contributed by atoms with Gasteiger partial charge in [0.15, 0.2) is 0 Å². The van der Waals surface area contributed by atoms with Gasteiger partial charge in [0.25, 0.3) is 0 Å². The van der Waals surface area contributed by atoms with Crippen molar-refractivity contribution < 1.29 is 18.0 Å². The van der Waals surface area contributed by atoms with Crippen molar-refractivity contribution in [3.63, 3.8) is 0 Å². The SMILES string of the molecule is O=C(CSc1ccccn1)Nc1c(Cl)cccc1C(F)(F)F. The van der Waals surface area contributed by atoms with E-state index in [1.165, 1.54) is 12.1 Å². The van der Waals surface area contributed by atoms with Gasteiger partial charge in [0.2, 0.25) is 5.91 Å². The standard InChI is InChI=1S/C14H10ClF3N2OS/c15-10-5-3-4-9(14(16,17)18)13(10)20-11(21)8-22-12-6-1-2-7-19-12/h1-7H,8H2,(H,20,21). The van der Waals surface area contributed by atoms with Gasteiger partial charge in [-0.25, -0.2) is 4.98 Å². The molecule has 0 aliphatic heterocycles. The second-order valence-corrected chi connectivity index (χ2v) is 5.57. The Morgan fingerprint density at radius 3 is 2.64 bits per heavy atom. The van der Waals surface area contributed by atoms with E-state index >= 15 is 0 Å². The summed E-state index contributed by atoms with van der Waals surface area (Å²) in [5.74, 6) is -0.659. The molecule has 2 aromatic rings. The molecule has 0 saturated heterocycles. The lowest BCUT2D eigenvalue weighted by molar-refractivity contribution is -0.137. The first-order chi connectivity index (χ1) is 10.4. The highest BCUT2D eigenvalue weighted by Crippen LogP contribution is 2.38. The third-order valence-electron chi connectivity index (χ3n) is 2.57. The van der Waals surface area contributed by atoms with E-state index in [1.807, 2.05) is 0 Å². The Morgan fingerprint density at radius 1 is 1.23 bits per heavy atom. The third-order valence-corrected chi connectivity index (χ3v) is 3.83. The monoisotopic (exact) mass is 346 g/mol. The van der Waals surface area contributed by atoms with E-state index in [1.54, 1.807) is 24.4 Å². The zero-order valence-corrected chi connectivity index (χ0v) is 12.6. The summed E-state index contributed by atoms with van der Waals surface area (Å²) >= 11 is 6.88. The number of carbonyl (C=O) groups excluding carboxylic acids is 1. The number of thioether (sulfide) groups is 1. The van der Waals surface area contributed by atoms with Gasteiger partial charge >= 0.3 is 6.18 Å². The average Bonchev–Trinajstić information content (AvgIpc) is 2.47. The van der Waals surface area contributed by atoms with Crippen molar-refractivity contribution in [1.82, 2.24) is 4.98 Å². The predicted octanol–water partition coefficient (Wildman–Crippen LogP) is 4.48. The van der Waals surface area contributed by atoms with E-state index in [9.17, 15) is 18.0 Å². The lowest BCUT2D eigenvalue weighted by atomic mass is 10.1. The highest BCUT2D eigenvalue weighted by molar-refractivity contribution is 7.99. The van der Waals surface area contributed by atoms with Crippen LogP contribution in [0.5, 0.6) is 0 Å². The molecule has 0 radical (unpaired) electrons. The molecule has 0 atom stereocenters. The van der Waals surface area contributed by atoms with Crippen LogP contribution in [-0.2, 0) is 11.0 Å². The number of nitrogens with one attached hydrogen (secondary N) is 1. The number of alkyl halides is 3. The summed E-state index contributed by atoms with van der Waals surface area (Å²) in [5.41, 5.74) is -1.40. The predicted molar refractivity (Wildman–Crippen MR) is 80.0 cm³/mol. The highest BCUT2D eigenvalue weighted by atomic mass is 35.5. The van der Waals surface area contributed by atoms with Crippen LogP contribution >= 0.6 is 23.4 Å². The molecule has 1 heterocycles. The fourth-order valence-electron chi connectivity index (χ4n) is 1.63. The normalized spacial score (nSPS) is 11.3. The molecular weight excluding hydrogens is 337 g/mol. The van der Waals surface area contributed by atoms with E-state index < -0.39 is 23.3 Å². The maximum Gasteiger partial charge on any atom is 0.418 e.